The van der Waals surface area contributed by atoms with Crippen LogP contribution in [0.2, 0.25) is 0 Å². The van der Waals surface area contributed by atoms with Crippen molar-refractivity contribution >= 4 is 0 Å². The van der Waals surface area contributed by atoms with Gasteiger partial charge in [0.25, 0.3) is 0 Å². The van der Waals surface area contributed by atoms with Gasteiger partial charge in [-0.3, -0.25) is 0 Å². The molecule has 10 unspecified atom stereocenters. The van der Waals surface area contributed by atoms with Crippen molar-refractivity contribution in [1.29, 1.82) is 0 Å². The Morgan fingerprint density at radius 1 is 0.786 bits per heavy atom. The fraction of sp³-hybridized carbons (Fsp3) is 1.00. The molecule has 2 saturated heterocycles. The minimum atomic E-state index is -0.494. The van der Waals surface area contributed by atoms with Crippen LogP contribution in [0.25, 0.3) is 0 Å². The highest BCUT2D eigenvalue weighted by atomic mass is 16.5. The molecule has 2 heterocycles. The largest absolute Gasteiger partial charge is 0.390 e. The van der Waals surface area contributed by atoms with Gasteiger partial charge in [0.2, 0.25) is 0 Å². The topological polar surface area (TPSA) is 49.7 Å². The maximum absolute atomic E-state index is 10.0. The Hall–Kier alpha value is -0.120. The average molecular weight is 194 g/mol. The third-order valence-corrected chi connectivity index (χ3v) is 5.93. The zero-order valence-corrected chi connectivity index (χ0v) is 7.78. The van der Waals surface area contributed by atoms with Crippen molar-refractivity contribution in [3.05, 3.63) is 0 Å². The molecule has 0 aromatic carbocycles. The molecule has 6 rings (SSSR count). The van der Waals surface area contributed by atoms with Gasteiger partial charge in [-0.15, -0.1) is 0 Å². The summed E-state index contributed by atoms with van der Waals surface area (Å²) in [5.74, 6) is 3.25. The van der Waals surface area contributed by atoms with Gasteiger partial charge in [0.1, 0.15) is 0 Å². The Kier molecular flexibility index (Phi) is 0.920. The summed E-state index contributed by atoms with van der Waals surface area (Å²) in [6.07, 6.45) is 1.08. The highest BCUT2D eigenvalue weighted by molar-refractivity contribution is 5.26. The Morgan fingerprint density at radius 2 is 1.50 bits per heavy atom. The second-order valence-electron chi connectivity index (χ2n) is 5.92. The third kappa shape index (κ3) is 0.450. The molecule has 4 aliphatic carbocycles. The normalized spacial score (nSPS) is 81.0. The second-order valence-corrected chi connectivity index (χ2v) is 5.92. The number of ether oxygens (including phenoxy) is 1. The predicted molar refractivity (Wildman–Crippen MR) is 46.2 cm³/mol. The monoisotopic (exact) mass is 194 g/mol. The summed E-state index contributed by atoms with van der Waals surface area (Å²) in [5, 5.41) is 20.0. The SMILES string of the molecule is OC1C(O)C2C3OC4C5CC(C1C53)C42. The van der Waals surface area contributed by atoms with E-state index < -0.39 is 12.2 Å². The van der Waals surface area contributed by atoms with Crippen LogP contribution in [0.4, 0.5) is 0 Å². The summed E-state index contributed by atoms with van der Waals surface area (Å²) in [6.45, 7) is 0. The number of aliphatic hydroxyl groups excluding tert-OH is 2. The van der Waals surface area contributed by atoms with Crippen molar-refractivity contribution in [2.75, 3.05) is 0 Å². The van der Waals surface area contributed by atoms with Crippen LogP contribution in [0.3, 0.4) is 0 Å². The van der Waals surface area contributed by atoms with E-state index in [1.54, 1.807) is 0 Å². The van der Waals surface area contributed by atoms with Crippen LogP contribution >= 0.6 is 0 Å². The van der Waals surface area contributed by atoms with Crippen LogP contribution in [0.15, 0.2) is 0 Å². The van der Waals surface area contributed by atoms with E-state index in [9.17, 15) is 10.2 Å². The van der Waals surface area contributed by atoms with E-state index in [2.05, 4.69) is 0 Å². The van der Waals surface area contributed by atoms with Gasteiger partial charge in [-0.2, -0.15) is 0 Å². The Balaban J connectivity index is 1.77. The second kappa shape index (κ2) is 1.79. The first-order chi connectivity index (χ1) is 6.79. The molecule has 0 spiro atoms. The van der Waals surface area contributed by atoms with Crippen LogP contribution in [0.5, 0.6) is 0 Å². The van der Waals surface area contributed by atoms with Gasteiger partial charge < -0.3 is 14.9 Å². The predicted octanol–water partition coefficient (Wildman–Crippen LogP) is -0.383. The summed E-state index contributed by atoms with van der Waals surface area (Å²) >= 11 is 0. The van der Waals surface area contributed by atoms with Crippen molar-refractivity contribution in [2.24, 2.45) is 35.5 Å². The van der Waals surface area contributed by atoms with Crippen molar-refractivity contribution < 1.29 is 14.9 Å². The molecule has 2 N–H and O–H groups in total. The lowest BCUT2D eigenvalue weighted by atomic mass is 9.51. The highest BCUT2D eigenvalue weighted by Crippen LogP contribution is 2.74. The molecule has 4 saturated carbocycles. The van der Waals surface area contributed by atoms with Crippen molar-refractivity contribution in [3.63, 3.8) is 0 Å². The van der Waals surface area contributed by atoms with Crippen molar-refractivity contribution in [2.45, 2.75) is 30.8 Å². The summed E-state index contributed by atoms with van der Waals surface area (Å²) in [6, 6.07) is 0. The molecule has 14 heavy (non-hydrogen) atoms. The molecule has 0 aromatic heterocycles. The molecule has 76 valence electrons. The Labute approximate surface area is 82.1 Å². The number of fused-ring (bicyclic) bond motifs is 1. The summed E-state index contributed by atoms with van der Waals surface area (Å²) in [7, 11) is 0. The van der Waals surface area contributed by atoms with Gasteiger partial charge in [0, 0.05) is 5.92 Å². The van der Waals surface area contributed by atoms with E-state index in [4.69, 9.17) is 4.74 Å². The molecule has 6 aliphatic rings. The molecule has 3 heteroatoms. The number of hydrogen-bond acceptors (Lipinski definition) is 3. The maximum atomic E-state index is 10.0. The lowest BCUT2D eigenvalue weighted by molar-refractivity contribution is -0.179. The number of rotatable bonds is 0. The minimum Gasteiger partial charge on any atom is -0.390 e. The standard InChI is InChI=1S/C11H14O3/c12-8-4-2-1-3-6(4)11-7(9(8)13)5(2)10(3)14-11/h2-13H,1H2. The van der Waals surface area contributed by atoms with Gasteiger partial charge in [-0.25, -0.2) is 0 Å². The average Bonchev–Trinajstić information content (AvgIpc) is 2.79. The lowest BCUT2D eigenvalue weighted by Gasteiger charge is -2.54. The van der Waals surface area contributed by atoms with E-state index in [-0.39, 0.29) is 5.92 Å². The van der Waals surface area contributed by atoms with E-state index in [0.29, 0.717) is 35.9 Å². The highest BCUT2D eigenvalue weighted by Gasteiger charge is 2.79. The van der Waals surface area contributed by atoms with Crippen LogP contribution in [-0.2, 0) is 4.74 Å². The molecular weight excluding hydrogens is 180 g/mol. The quantitative estimate of drug-likeness (QED) is 0.552. The maximum Gasteiger partial charge on any atom is 0.0858 e. The molecule has 0 radical (unpaired) electrons. The van der Waals surface area contributed by atoms with E-state index in [1.807, 2.05) is 0 Å². The zero-order chi connectivity index (χ0) is 9.19. The molecule has 6 bridgehead atoms. The van der Waals surface area contributed by atoms with E-state index >= 15 is 0 Å². The molecule has 0 aromatic rings. The van der Waals surface area contributed by atoms with Gasteiger partial charge in [-0.1, -0.05) is 0 Å². The molecule has 2 aliphatic heterocycles. The number of aliphatic hydroxyl groups is 2. The first-order valence-electron chi connectivity index (χ1n) is 5.80. The molecule has 6 fully saturated rings. The van der Waals surface area contributed by atoms with Crippen molar-refractivity contribution in [1.82, 2.24) is 0 Å². The van der Waals surface area contributed by atoms with E-state index in [0.717, 1.165) is 5.92 Å². The third-order valence-electron chi connectivity index (χ3n) is 5.93. The summed E-state index contributed by atoms with van der Waals surface area (Å²) in [5.41, 5.74) is 0. The minimum absolute atomic E-state index is 0.272. The molecule has 10 atom stereocenters. The van der Waals surface area contributed by atoms with Crippen LogP contribution in [0.1, 0.15) is 6.42 Å². The first kappa shape index (κ1) is 7.20. The lowest BCUT2D eigenvalue weighted by Crippen LogP contribution is -2.63. The number of hydrogen-bond donors (Lipinski definition) is 2. The van der Waals surface area contributed by atoms with Gasteiger partial charge in [0.15, 0.2) is 0 Å². The first-order valence-corrected chi connectivity index (χ1v) is 5.80. The molecule has 0 amide bonds. The summed E-state index contributed by atoms with van der Waals surface area (Å²) < 4.78 is 5.99. The molecular formula is C11H14O3. The van der Waals surface area contributed by atoms with Gasteiger partial charge >= 0.3 is 0 Å². The fourth-order valence-corrected chi connectivity index (χ4v) is 5.85. The molecule has 3 nitrogen and oxygen atoms in total. The summed E-state index contributed by atoms with van der Waals surface area (Å²) in [4.78, 5) is 0. The van der Waals surface area contributed by atoms with Gasteiger partial charge in [-0.05, 0) is 36.0 Å². The van der Waals surface area contributed by atoms with Gasteiger partial charge in [0.05, 0.1) is 24.4 Å². The van der Waals surface area contributed by atoms with Crippen molar-refractivity contribution in [3.8, 4) is 0 Å². The smallest absolute Gasteiger partial charge is 0.0858 e. The van der Waals surface area contributed by atoms with E-state index in [1.165, 1.54) is 6.42 Å². The van der Waals surface area contributed by atoms with Crippen LogP contribution in [0, 0.1) is 35.5 Å². The van der Waals surface area contributed by atoms with Crippen LogP contribution in [-0.4, -0.2) is 34.6 Å². The Morgan fingerprint density at radius 3 is 2.36 bits per heavy atom. The fourth-order valence-electron chi connectivity index (χ4n) is 5.85. The Bertz CT molecular complexity index is 298. The zero-order valence-electron chi connectivity index (χ0n) is 7.78. The van der Waals surface area contributed by atoms with Crippen LogP contribution < -0.4 is 0 Å².